The molecule has 1 aliphatic rings. The second-order valence-electron chi connectivity index (χ2n) is 13.6. The van der Waals surface area contributed by atoms with E-state index in [1.165, 1.54) is 71.9 Å². The van der Waals surface area contributed by atoms with Crippen LogP contribution in [0.3, 0.4) is 0 Å². The zero-order valence-electron chi connectivity index (χ0n) is 32.6. The Morgan fingerprint density at radius 3 is 1.17 bits per heavy atom. The SMILES string of the molecule is CCCCCC1=C(c2cccc(CCCC)c2)[N+](=[N-])C(c2cccc(CCCC)c2)=C1CCCC.[CH2-]Cc1ccccc1.[CH2-]Cc1ccccc1.[Pd+2]. The van der Waals surface area contributed by atoms with Gasteiger partial charge in [0.05, 0.1) is 0 Å². The van der Waals surface area contributed by atoms with Gasteiger partial charge in [-0.3, -0.25) is 0 Å². The average molecular weight is 787 g/mol. The Morgan fingerprint density at radius 2 is 0.808 bits per heavy atom. The van der Waals surface area contributed by atoms with Crippen LogP contribution in [0.5, 0.6) is 0 Å². The Hall–Kier alpha value is -3.38. The summed E-state index contributed by atoms with van der Waals surface area (Å²) in [7, 11) is 0. The monoisotopic (exact) mass is 786 g/mol. The first-order valence-corrected chi connectivity index (χ1v) is 19.8. The van der Waals surface area contributed by atoms with Gasteiger partial charge in [-0.25, -0.2) is 4.70 Å². The van der Waals surface area contributed by atoms with Crippen LogP contribution < -0.4 is 0 Å². The van der Waals surface area contributed by atoms with Gasteiger partial charge in [0, 0.05) is 22.3 Å². The summed E-state index contributed by atoms with van der Waals surface area (Å²) in [5.74, 6) is 0. The van der Waals surface area contributed by atoms with Crippen molar-refractivity contribution in [3.63, 3.8) is 0 Å². The first-order valence-electron chi connectivity index (χ1n) is 19.8. The number of unbranched alkanes of at least 4 members (excludes halogenated alkanes) is 5. The first-order chi connectivity index (χ1) is 25.0. The van der Waals surface area contributed by atoms with Crippen LogP contribution >= 0.6 is 0 Å². The van der Waals surface area contributed by atoms with Crippen LogP contribution in [0.15, 0.2) is 120 Å². The van der Waals surface area contributed by atoms with Crippen molar-refractivity contribution in [1.82, 2.24) is 0 Å². The van der Waals surface area contributed by atoms with Crippen molar-refractivity contribution >= 4 is 11.4 Å². The fourth-order valence-electron chi connectivity index (χ4n) is 6.49. The molecule has 3 heteroatoms. The van der Waals surface area contributed by atoms with Gasteiger partial charge in [0.1, 0.15) is 0 Å². The number of hydrogen-bond donors (Lipinski definition) is 0. The van der Waals surface area contributed by atoms with E-state index in [1.54, 1.807) is 4.70 Å². The van der Waals surface area contributed by atoms with E-state index in [9.17, 15) is 5.53 Å². The van der Waals surface area contributed by atoms with Gasteiger partial charge in [-0.15, -0.1) is 0 Å². The van der Waals surface area contributed by atoms with Crippen LogP contribution in [0.4, 0.5) is 0 Å². The molecule has 1 aliphatic heterocycles. The third kappa shape index (κ3) is 14.6. The minimum Gasteiger partial charge on any atom is -0.493 e. The molecule has 280 valence electrons. The van der Waals surface area contributed by atoms with Crippen molar-refractivity contribution in [2.75, 3.05) is 0 Å². The molecule has 2 nitrogen and oxygen atoms in total. The van der Waals surface area contributed by atoms with Crippen LogP contribution in [-0.2, 0) is 46.1 Å². The maximum absolute atomic E-state index is 11.8. The summed E-state index contributed by atoms with van der Waals surface area (Å²) in [6.07, 6.45) is 16.7. The van der Waals surface area contributed by atoms with Gasteiger partial charge in [0.25, 0.3) is 0 Å². The van der Waals surface area contributed by atoms with Crippen LogP contribution in [0.25, 0.3) is 16.9 Å². The smallest absolute Gasteiger partial charge is 0.493 e. The summed E-state index contributed by atoms with van der Waals surface area (Å²) in [6.45, 7) is 16.5. The van der Waals surface area contributed by atoms with Gasteiger partial charge < -0.3 is 19.4 Å². The van der Waals surface area contributed by atoms with E-state index >= 15 is 0 Å². The molecule has 4 aromatic rings. The number of allylic oxidation sites excluding steroid dienone is 2. The standard InChI is InChI=1S/C33H46N2.2C8H9.Pd/c1-5-9-13-23-31-30(22-12-8-4)32(28-20-14-18-26(24-28)16-10-6-2)35(34)33(31)29-21-15-19-27(25-29)17-11-7-3;2*1-2-8-6-4-3-5-7-8;/h14-15,18-21,24-25H,5-13,16-17,22-23H2,1-4H3;2*3-7H,1-2H2;/q;2*-1;+2. The molecule has 0 unspecified atom stereocenters. The normalized spacial score (nSPS) is 12.2. The van der Waals surface area contributed by atoms with Gasteiger partial charge >= 0.3 is 20.4 Å². The summed E-state index contributed by atoms with van der Waals surface area (Å²) in [6, 6.07) is 38.2. The van der Waals surface area contributed by atoms with E-state index < -0.39 is 0 Å². The predicted molar refractivity (Wildman–Crippen MR) is 222 cm³/mol. The molecule has 0 radical (unpaired) electrons. The van der Waals surface area contributed by atoms with E-state index in [1.807, 2.05) is 36.4 Å². The molecular weight excluding hydrogens is 723 g/mol. The molecule has 5 rings (SSSR count). The molecule has 0 saturated carbocycles. The van der Waals surface area contributed by atoms with E-state index in [0.717, 1.165) is 80.3 Å². The Morgan fingerprint density at radius 1 is 0.442 bits per heavy atom. The van der Waals surface area contributed by atoms with Gasteiger partial charge in [-0.05, 0) is 86.8 Å². The number of rotatable bonds is 17. The van der Waals surface area contributed by atoms with E-state index in [0.29, 0.717) is 0 Å². The van der Waals surface area contributed by atoms with Gasteiger partial charge in [0.15, 0.2) is 0 Å². The molecule has 52 heavy (non-hydrogen) atoms. The van der Waals surface area contributed by atoms with Crippen molar-refractivity contribution < 1.29 is 25.1 Å². The van der Waals surface area contributed by atoms with E-state index in [2.05, 4.69) is 114 Å². The molecule has 0 fully saturated rings. The van der Waals surface area contributed by atoms with Crippen LogP contribution in [0, 0.1) is 13.8 Å². The van der Waals surface area contributed by atoms with Gasteiger partial charge in [0.2, 0.25) is 11.4 Å². The minimum absolute atomic E-state index is 0. The number of nitrogens with zero attached hydrogens (tertiary/aromatic N) is 2. The average Bonchev–Trinajstić information content (AvgIpc) is 3.46. The molecule has 0 bridgehead atoms. The third-order valence-corrected chi connectivity index (χ3v) is 9.47. The fraction of sp³-hybridized carbons (Fsp3) is 0.388. The van der Waals surface area contributed by atoms with Crippen molar-refractivity contribution in [3.8, 4) is 0 Å². The predicted octanol–water partition coefficient (Wildman–Crippen LogP) is 14.4. The summed E-state index contributed by atoms with van der Waals surface area (Å²) >= 11 is 0. The van der Waals surface area contributed by atoms with Crippen LogP contribution in [0.2, 0.25) is 0 Å². The summed E-state index contributed by atoms with van der Waals surface area (Å²) < 4.78 is 1.55. The Kier molecular flexibility index (Phi) is 22.7. The molecular formula is C49H64N2Pd. The van der Waals surface area contributed by atoms with Crippen molar-refractivity contribution in [2.24, 2.45) is 0 Å². The molecule has 1 heterocycles. The summed E-state index contributed by atoms with van der Waals surface area (Å²) in [5.41, 5.74) is 24.2. The molecule has 4 aromatic carbocycles. The van der Waals surface area contributed by atoms with Crippen molar-refractivity contribution in [1.29, 1.82) is 0 Å². The molecule has 0 spiro atoms. The number of benzene rings is 4. The maximum atomic E-state index is 11.8. The molecule has 0 aliphatic carbocycles. The van der Waals surface area contributed by atoms with Gasteiger partial charge in [-0.1, -0.05) is 156 Å². The maximum Gasteiger partial charge on any atom is 2.00 e. The zero-order valence-corrected chi connectivity index (χ0v) is 34.2. The molecule has 0 amide bonds. The largest absolute Gasteiger partial charge is 2.00 e. The topological polar surface area (TPSA) is 25.3 Å². The molecule has 0 saturated heterocycles. The Labute approximate surface area is 332 Å². The summed E-state index contributed by atoms with van der Waals surface area (Å²) in [4.78, 5) is 0. The number of aryl methyl sites for hydroxylation is 2. The van der Waals surface area contributed by atoms with Crippen molar-refractivity contribution in [2.45, 2.75) is 124 Å². The summed E-state index contributed by atoms with van der Waals surface area (Å²) in [5, 5.41) is 0. The quantitative estimate of drug-likeness (QED) is 0.0441. The zero-order chi connectivity index (χ0) is 36.7. The Bertz CT molecular complexity index is 1590. The van der Waals surface area contributed by atoms with Crippen LogP contribution in [0.1, 0.15) is 132 Å². The minimum atomic E-state index is 0. The second kappa shape index (κ2) is 26.4. The molecule has 0 N–H and O–H groups in total. The number of hydrogen-bond acceptors (Lipinski definition) is 0. The van der Waals surface area contributed by atoms with E-state index in [-0.39, 0.29) is 20.4 Å². The van der Waals surface area contributed by atoms with Crippen LogP contribution in [-0.4, -0.2) is 4.70 Å². The van der Waals surface area contributed by atoms with Gasteiger partial charge in [-0.2, -0.15) is 12.8 Å². The van der Waals surface area contributed by atoms with E-state index in [4.69, 9.17) is 0 Å². The second-order valence-corrected chi connectivity index (χ2v) is 13.6. The Balaban J connectivity index is 0.000000449. The molecule has 0 atom stereocenters. The third-order valence-electron chi connectivity index (χ3n) is 9.47. The van der Waals surface area contributed by atoms with Crippen molar-refractivity contribution in [3.05, 3.63) is 173 Å². The first kappa shape index (κ1) is 44.8. The fourth-order valence-corrected chi connectivity index (χ4v) is 6.49. The molecule has 0 aromatic heterocycles.